The van der Waals surface area contributed by atoms with Crippen molar-refractivity contribution in [2.24, 2.45) is 0 Å². The fourth-order valence-electron chi connectivity index (χ4n) is 2.48. The van der Waals surface area contributed by atoms with Crippen molar-refractivity contribution in [1.82, 2.24) is 0 Å². The van der Waals surface area contributed by atoms with Gasteiger partial charge < -0.3 is 0 Å². The molecule has 0 aliphatic rings. The quantitative estimate of drug-likeness (QED) is 0.241. The Balaban J connectivity index is 3.28. The normalized spacial score (nSPS) is 15.4. The van der Waals surface area contributed by atoms with Crippen molar-refractivity contribution in [1.29, 1.82) is 0 Å². The van der Waals surface area contributed by atoms with Gasteiger partial charge in [-0.2, -0.15) is 56.7 Å². The van der Waals surface area contributed by atoms with Gasteiger partial charge in [-0.3, -0.25) is 4.79 Å². The third kappa shape index (κ3) is 5.70. The molecule has 35 heavy (non-hydrogen) atoms. The minimum Gasteiger partial charge on any atom is -0.293 e. The number of alkyl halides is 11. The maximum absolute atomic E-state index is 14.0. The van der Waals surface area contributed by atoms with Gasteiger partial charge in [0.15, 0.2) is 5.78 Å². The zero-order valence-corrected chi connectivity index (χ0v) is 19.8. The lowest BCUT2D eigenvalue weighted by molar-refractivity contribution is -0.413. The first-order chi connectivity index (χ1) is 15.3. The van der Waals surface area contributed by atoms with Crippen molar-refractivity contribution in [3.63, 3.8) is 0 Å². The van der Waals surface area contributed by atoms with E-state index in [-0.39, 0.29) is 11.5 Å². The highest BCUT2D eigenvalue weighted by Gasteiger charge is 2.90. The van der Waals surface area contributed by atoms with E-state index in [1.807, 2.05) is 13.8 Å². The SMILES string of the molecule is CC(C)c1ccc(C(=O)CS(C)(C)OS(=O)(=O)C(F)(F)C(F)(F)C(F)(F)C(F)(F)C(F)(F)F)cc1. The molecule has 0 saturated heterocycles. The van der Waals surface area contributed by atoms with Gasteiger partial charge in [-0.05, 0) is 24.0 Å². The lowest BCUT2D eigenvalue weighted by Gasteiger charge is -2.38. The first kappa shape index (κ1) is 31.4. The highest BCUT2D eigenvalue weighted by Crippen LogP contribution is 2.60. The van der Waals surface area contributed by atoms with Crippen molar-refractivity contribution < 1.29 is 65.1 Å². The van der Waals surface area contributed by atoms with Crippen molar-refractivity contribution in [3.05, 3.63) is 35.4 Å². The van der Waals surface area contributed by atoms with Crippen LogP contribution in [0, 0.1) is 0 Å². The highest BCUT2D eigenvalue weighted by molar-refractivity contribution is 8.32. The molecule has 4 nitrogen and oxygen atoms in total. The molecule has 0 N–H and O–H groups in total. The van der Waals surface area contributed by atoms with Crippen molar-refractivity contribution in [3.8, 4) is 0 Å². The molecular weight excluding hydrogens is 553 g/mol. The molecule has 0 fully saturated rings. The van der Waals surface area contributed by atoms with Gasteiger partial charge in [-0.25, -0.2) is 3.63 Å². The minimum atomic E-state index is -7.91. The summed E-state index contributed by atoms with van der Waals surface area (Å²) in [5.41, 5.74) is 0.676. The number of benzene rings is 1. The molecule has 0 aromatic heterocycles. The van der Waals surface area contributed by atoms with E-state index >= 15 is 0 Å². The standard InChI is InChI=1S/C18H19F11O4S2/c1-10(2)11-5-7-12(8-6-11)13(30)9-34(3,4)33-35(31,32)18(28,29)16(23,24)14(19,20)15(21,22)17(25,26)27/h5-8,10H,9H2,1-4H3. The second kappa shape index (κ2) is 9.36. The maximum atomic E-state index is 14.0. The number of carbonyl (C=O) groups is 1. The summed E-state index contributed by atoms with van der Waals surface area (Å²) in [5, 5.41) is -7.26. The molecule has 0 saturated carbocycles. The van der Waals surface area contributed by atoms with Crippen LogP contribution in [-0.2, 0) is 13.7 Å². The Kier molecular flexibility index (Phi) is 8.40. The number of hydrogen-bond acceptors (Lipinski definition) is 4. The van der Waals surface area contributed by atoms with Gasteiger partial charge in [0.05, 0.1) is 5.75 Å². The smallest absolute Gasteiger partial charge is 0.293 e. The predicted octanol–water partition coefficient (Wildman–Crippen LogP) is 6.38. The second-order valence-electron chi connectivity index (χ2n) is 8.04. The van der Waals surface area contributed by atoms with Gasteiger partial charge in [0.25, 0.3) is 0 Å². The van der Waals surface area contributed by atoms with Gasteiger partial charge in [0, 0.05) is 5.56 Å². The Morgan fingerprint density at radius 2 is 1.23 bits per heavy atom. The average Bonchev–Trinajstić information content (AvgIpc) is 2.65. The summed E-state index contributed by atoms with van der Waals surface area (Å²) in [6.07, 6.45) is -6.11. The van der Waals surface area contributed by atoms with Gasteiger partial charge >= 0.3 is 39.3 Å². The summed E-state index contributed by atoms with van der Waals surface area (Å²) in [6.45, 7) is 3.62. The molecule has 204 valence electrons. The zero-order chi connectivity index (χ0) is 28.1. The van der Waals surface area contributed by atoms with Crippen LogP contribution in [0.25, 0.3) is 0 Å². The predicted molar refractivity (Wildman–Crippen MR) is 105 cm³/mol. The number of hydrogen-bond donors (Lipinski definition) is 0. The molecule has 0 unspecified atom stereocenters. The largest absolute Gasteiger partial charge is 0.460 e. The Morgan fingerprint density at radius 3 is 1.60 bits per heavy atom. The highest BCUT2D eigenvalue weighted by atomic mass is 32.3. The lowest BCUT2D eigenvalue weighted by atomic mass is 10.0. The van der Waals surface area contributed by atoms with Gasteiger partial charge in [0.1, 0.15) is 0 Å². The van der Waals surface area contributed by atoms with Crippen LogP contribution < -0.4 is 0 Å². The van der Waals surface area contributed by atoms with E-state index in [2.05, 4.69) is 3.63 Å². The Morgan fingerprint density at radius 1 is 0.800 bits per heavy atom. The molecule has 0 aliphatic heterocycles. The number of carbonyl (C=O) groups excluding carboxylic acids is 1. The van der Waals surface area contributed by atoms with Crippen LogP contribution in [-0.4, -0.2) is 61.7 Å². The summed E-state index contributed by atoms with van der Waals surface area (Å²) < 4.78 is 172. The van der Waals surface area contributed by atoms with Crippen LogP contribution in [0.2, 0.25) is 0 Å². The molecule has 1 rings (SSSR count). The molecule has 0 spiro atoms. The summed E-state index contributed by atoms with van der Waals surface area (Å²) in [6, 6.07) is 5.53. The van der Waals surface area contributed by atoms with Crippen LogP contribution in [0.3, 0.4) is 0 Å². The monoisotopic (exact) mass is 572 g/mol. The van der Waals surface area contributed by atoms with E-state index in [4.69, 9.17) is 0 Å². The number of halogens is 11. The van der Waals surface area contributed by atoms with Crippen LogP contribution in [0.5, 0.6) is 0 Å². The molecule has 0 amide bonds. The summed E-state index contributed by atoms with van der Waals surface area (Å²) >= 11 is 0. The van der Waals surface area contributed by atoms with Crippen LogP contribution in [0.15, 0.2) is 24.3 Å². The molecular formula is C18H19F11O4S2. The topological polar surface area (TPSA) is 60.4 Å². The van der Waals surface area contributed by atoms with Gasteiger partial charge in [-0.15, -0.1) is 10.3 Å². The van der Waals surface area contributed by atoms with Crippen molar-refractivity contribution >= 4 is 26.2 Å². The van der Waals surface area contributed by atoms with E-state index in [0.29, 0.717) is 12.5 Å². The van der Waals surface area contributed by atoms with Crippen molar-refractivity contribution in [2.75, 3.05) is 18.3 Å². The van der Waals surface area contributed by atoms with Crippen molar-refractivity contribution in [2.45, 2.75) is 49.0 Å². The molecule has 1 aromatic rings. The van der Waals surface area contributed by atoms with E-state index < -0.39 is 61.2 Å². The number of Topliss-reactive ketones (excluding diaryl/α,β-unsaturated/α-hetero) is 1. The fourth-order valence-corrected chi connectivity index (χ4v) is 6.19. The third-order valence-corrected chi connectivity index (χ3v) is 8.51. The second-order valence-corrected chi connectivity index (χ2v) is 13.2. The molecule has 1 aromatic carbocycles. The van der Waals surface area contributed by atoms with Crippen LogP contribution in [0.4, 0.5) is 48.3 Å². The van der Waals surface area contributed by atoms with E-state index in [1.165, 1.54) is 24.3 Å². The number of rotatable bonds is 10. The third-order valence-electron chi connectivity index (χ3n) is 4.48. The molecule has 0 radical (unpaired) electrons. The zero-order valence-electron chi connectivity index (χ0n) is 18.2. The van der Waals surface area contributed by atoms with E-state index in [0.717, 1.165) is 5.56 Å². The molecule has 17 heteroatoms. The molecule has 0 aliphatic carbocycles. The Hall–Kier alpha value is -1.62. The first-order valence-electron chi connectivity index (χ1n) is 9.13. The van der Waals surface area contributed by atoms with Crippen LogP contribution in [0.1, 0.15) is 35.7 Å². The van der Waals surface area contributed by atoms with E-state index in [9.17, 15) is 61.5 Å². The molecule has 0 atom stereocenters. The summed E-state index contributed by atoms with van der Waals surface area (Å²) in [7, 11) is -11.0. The summed E-state index contributed by atoms with van der Waals surface area (Å²) in [5.74, 6) is -25.4. The minimum absolute atomic E-state index is 0.0430. The summed E-state index contributed by atoms with van der Waals surface area (Å²) in [4.78, 5) is 12.3. The maximum Gasteiger partial charge on any atom is 0.460 e. The Labute approximate surface area is 194 Å². The fraction of sp³-hybridized carbons (Fsp3) is 0.611. The van der Waals surface area contributed by atoms with Gasteiger partial charge in [-0.1, -0.05) is 38.1 Å². The number of ketones is 1. The molecule has 0 heterocycles. The van der Waals surface area contributed by atoms with Crippen LogP contribution >= 0.6 is 10.3 Å². The Bertz CT molecular complexity index is 1030. The van der Waals surface area contributed by atoms with Gasteiger partial charge in [0.2, 0.25) is 0 Å². The average molecular weight is 572 g/mol. The van der Waals surface area contributed by atoms with E-state index in [1.54, 1.807) is 0 Å². The lowest BCUT2D eigenvalue weighted by Crippen LogP contribution is -2.68. The first-order valence-corrected chi connectivity index (χ1v) is 13.1. The molecule has 0 bridgehead atoms.